The van der Waals surface area contributed by atoms with Gasteiger partial charge in [0.1, 0.15) is 11.6 Å². The molecule has 0 spiro atoms. The molecule has 0 fully saturated rings. The van der Waals surface area contributed by atoms with E-state index in [1.165, 1.54) is 18.2 Å². The predicted octanol–water partition coefficient (Wildman–Crippen LogP) is 4.01. The normalized spacial score (nSPS) is 10.4. The molecule has 0 bridgehead atoms. The van der Waals surface area contributed by atoms with E-state index in [9.17, 15) is 14.0 Å². The number of hydrogen-bond donors (Lipinski definition) is 0. The Kier molecular flexibility index (Phi) is 3.66. The zero-order valence-corrected chi connectivity index (χ0v) is 11.5. The van der Waals surface area contributed by atoms with E-state index in [4.69, 9.17) is 4.74 Å². The monoisotopic (exact) mass is 294 g/mol. The van der Waals surface area contributed by atoms with Gasteiger partial charge in [-0.15, -0.1) is 0 Å². The topological polar surface area (TPSA) is 43.4 Å². The standard InChI is InChI=1S/C18H11FO3/c19-16-8-4-3-7-15(16)18(21)22-17-13(11-20)10-9-12-5-1-2-6-14(12)17/h1-11H. The van der Waals surface area contributed by atoms with Gasteiger partial charge in [0.05, 0.1) is 11.1 Å². The Morgan fingerprint density at radius 3 is 2.45 bits per heavy atom. The molecular weight excluding hydrogens is 283 g/mol. The lowest BCUT2D eigenvalue weighted by atomic mass is 10.1. The van der Waals surface area contributed by atoms with Gasteiger partial charge in [0.25, 0.3) is 0 Å². The molecule has 0 heterocycles. The summed E-state index contributed by atoms with van der Waals surface area (Å²) in [5.74, 6) is -1.36. The molecule has 3 nitrogen and oxygen atoms in total. The zero-order valence-electron chi connectivity index (χ0n) is 11.5. The predicted molar refractivity (Wildman–Crippen MR) is 80.7 cm³/mol. The lowest BCUT2D eigenvalue weighted by molar-refractivity contribution is 0.0731. The summed E-state index contributed by atoms with van der Waals surface area (Å²) in [5, 5.41) is 1.45. The molecule has 0 aliphatic carbocycles. The van der Waals surface area contributed by atoms with Gasteiger partial charge in [0.15, 0.2) is 6.29 Å². The summed E-state index contributed by atoms with van der Waals surface area (Å²) in [5.41, 5.74) is 0.0654. The summed E-state index contributed by atoms with van der Waals surface area (Å²) in [4.78, 5) is 23.4. The van der Waals surface area contributed by atoms with E-state index in [1.807, 2.05) is 12.1 Å². The minimum absolute atomic E-state index is 0.140. The fraction of sp³-hybridized carbons (Fsp3) is 0. The maximum Gasteiger partial charge on any atom is 0.346 e. The Morgan fingerprint density at radius 1 is 0.955 bits per heavy atom. The number of ether oxygens (including phenoxy) is 1. The van der Waals surface area contributed by atoms with E-state index in [0.29, 0.717) is 11.7 Å². The molecular formula is C18H11FO3. The average molecular weight is 294 g/mol. The summed E-state index contributed by atoms with van der Waals surface area (Å²) in [6.45, 7) is 0. The third-order valence-corrected chi connectivity index (χ3v) is 3.33. The van der Waals surface area contributed by atoms with Crippen molar-refractivity contribution in [2.45, 2.75) is 0 Å². The number of halogens is 1. The zero-order chi connectivity index (χ0) is 15.5. The molecule has 3 rings (SSSR count). The van der Waals surface area contributed by atoms with Crippen molar-refractivity contribution < 1.29 is 18.7 Å². The Hall–Kier alpha value is -3.01. The molecule has 0 aliphatic rings. The number of benzene rings is 3. The van der Waals surface area contributed by atoms with Crippen LogP contribution in [0, 0.1) is 5.82 Å². The molecule has 0 atom stereocenters. The highest BCUT2D eigenvalue weighted by Crippen LogP contribution is 2.29. The second-order valence-electron chi connectivity index (χ2n) is 4.69. The van der Waals surface area contributed by atoms with Crippen molar-refractivity contribution in [3.8, 4) is 5.75 Å². The van der Waals surface area contributed by atoms with E-state index < -0.39 is 11.8 Å². The number of carbonyl (C=O) groups excluding carboxylic acids is 2. The van der Waals surface area contributed by atoms with Crippen LogP contribution in [0.4, 0.5) is 4.39 Å². The second-order valence-corrected chi connectivity index (χ2v) is 4.69. The molecule has 3 aromatic rings. The molecule has 108 valence electrons. The van der Waals surface area contributed by atoms with Gasteiger partial charge < -0.3 is 4.74 Å². The van der Waals surface area contributed by atoms with Crippen LogP contribution in [0.15, 0.2) is 60.7 Å². The average Bonchev–Trinajstić information content (AvgIpc) is 2.55. The summed E-state index contributed by atoms with van der Waals surface area (Å²) in [7, 11) is 0. The first-order valence-electron chi connectivity index (χ1n) is 6.64. The summed E-state index contributed by atoms with van der Waals surface area (Å²) < 4.78 is 19.0. The molecule has 0 saturated carbocycles. The van der Waals surface area contributed by atoms with E-state index in [0.717, 1.165) is 5.39 Å². The molecule has 0 radical (unpaired) electrons. The van der Waals surface area contributed by atoms with Crippen molar-refractivity contribution in [1.82, 2.24) is 0 Å². The third kappa shape index (κ3) is 2.46. The Morgan fingerprint density at radius 2 is 1.68 bits per heavy atom. The lowest BCUT2D eigenvalue weighted by Gasteiger charge is -2.10. The number of fused-ring (bicyclic) bond motifs is 1. The van der Waals surface area contributed by atoms with Crippen LogP contribution in [-0.4, -0.2) is 12.3 Å². The minimum Gasteiger partial charge on any atom is -0.421 e. The van der Waals surface area contributed by atoms with Gasteiger partial charge in [0.2, 0.25) is 0 Å². The fourth-order valence-electron chi connectivity index (χ4n) is 2.24. The molecule has 3 aromatic carbocycles. The number of carbonyl (C=O) groups is 2. The van der Waals surface area contributed by atoms with Gasteiger partial charge in [-0.2, -0.15) is 0 Å². The van der Waals surface area contributed by atoms with Crippen LogP contribution < -0.4 is 4.74 Å². The van der Waals surface area contributed by atoms with Crippen molar-refractivity contribution >= 4 is 23.0 Å². The van der Waals surface area contributed by atoms with Crippen molar-refractivity contribution in [3.63, 3.8) is 0 Å². The Balaban J connectivity index is 2.08. The van der Waals surface area contributed by atoms with Crippen LogP contribution in [0.1, 0.15) is 20.7 Å². The second kappa shape index (κ2) is 5.77. The van der Waals surface area contributed by atoms with Gasteiger partial charge in [-0.3, -0.25) is 4.79 Å². The van der Waals surface area contributed by atoms with E-state index in [-0.39, 0.29) is 16.9 Å². The van der Waals surface area contributed by atoms with Crippen molar-refractivity contribution in [3.05, 3.63) is 77.6 Å². The molecule has 22 heavy (non-hydrogen) atoms. The van der Waals surface area contributed by atoms with Crippen LogP contribution in [0.25, 0.3) is 10.8 Å². The molecule has 0 aromatic heterocycles. The fourth-order valence-corrected chi connectivity index (χ4v) is 2.24. The third-order valence-electron chi connectivity index (χ3n) is 3.33. The summed E-state index contributed by atoms with van der Waals surface area (Å²) in [6, 6.07) is 16.1. The maximum absolute atomic E-state index is 13.7. The van der Waals surface area contributed by atoms with Gasteiger partial charge >= 0.3 is 5.97 Å². The highest BCUT2D eigenvalue weighted by Gasteiger charge is 2.17. The number of aldehydes is 1. The first-order chi connectivity index (χ1) is 10.7. The number of hydrogen-bond acceptors (Lipinski definition) is 3. The van der Waals surface area contributed by atoms with Crippen LogP contribution in [0.3, 0.4) is 0 Å². The van der Waals surface area contributed by atoms with Gasteiger partial charge in [-0.05, 0) is 23.6 Å². The first kappa shape index (κ1) is 13.9. The van der Waals surface area contributed by atoms with Crippen LogP contribution in [0.5, 0.6) is 5.75 Å². The minimum atomic E-state index is -0.836. The Bertz CT molecular complexity index is 871. The van der Waals surface area contributed by atoms with Crippen LogP contribution >= 0.6 is 0 Å². The van der Waals surface area contributed by atoms with E-state index in [2.05, 4.69) is 0 Å². The van der Waals surface area contributed by atoms with Gasteiger partial charge in [-0.1, -0.05) is 42.5 Å². The molecule has 0 saturated heterocycles. The number of rotatable bonds is 3. The summed E-state index contributed by atoms with van der Waals surface area (Å²) in [6.07, 6.45) is 0.608. The van der Waals surface area contributed by atoms with E-state index >= 15 is 0 Å². The molecule has 0 unspecified atom stereocenters. The van der Waals surface area contributed by atoms with Crippen LogP contribution in [0.2, 0.25) is 0 Å². The van der Waals surface area contributed by atoms with Crippen molar-refractivity contribution in [2.75, 3.05) is 0 Å². The summed E-state index contributed by atoms with van der Waals surface area (Å²) >= 11 is 0. The lowest BCUT2D eigenvalue weighted by Crippen LogP contribution is -2.12. The quantitative estimate of drug-likeness (QED) is 0.416. The SMILES string of the molecule is O=Cc1ccc2ccccc2c1OC(=O)c1ccccc1F. The smallest absolute Gasteiger partial charge is 0.346 e. The molecule has 0 aliphatic heterocycles. The molecule has 4 heteroatoms. The maximum atomic E-state index is 13.7. The largest absolute Gasteiger partial charge is 0.421 e. The Labute approximate surface area is 126 Å². The van der Waals surface area contributed by atoms with Gasteiger partial charge in [0, 0.05) is 5.39 Å². The highest BCUT2D eigenvalue weighted by molar-refractivity contribution is 6.00. The molecule has 0 amide bonds. The van der Waals surface area contributed by atoms with E-state index in [1.54, 1.807) is 30.3 Å². The van der Waals surface area contributed by atoms with Crippen LogP contribution in [-0.2, 0) is 0 Å². The van der Waals surface area contributed by atoms with Crippen molar-refractivity contribution in [1.29, 1.82) is 0 Å². The van der Waals surface area contributed by atoms with Crippen molar-refractivity contribution in [2.24, 2.45) is 0 Å². The van der Waals surface area contributed by atoms with Gasteiger partial charge in [-0.25, -0.2) is 9.18 Å². The number of esters is 1. The molecule has 0 N–H and O–H groups in total. The first-order valence-corrected chi connectivity index (χ1v) is 6.64. The highest BCUT2D eigenvalue weighted by atomic mass is 19.1.